The monoisotopic (exact) mass is 374 g/mol. The minimum Gasteiger partial charge on any atom is -0.337 e. The minimum absolute atomic E-state index is 0.171. The number of hydrogen-bond acceptors (Lipinski definition) is 4. The SMILES string of the molecule is CC(C)(C)S(=O)(=O)[C@H]1CCN(C(=O)c2cncc(Br)c2)C1. The number of pyridine rings is 1. The van der Waals surface area contributed by atoms with E-state index in [-0.39, 0.29) is 12.5 Å². The van der Waals surface area contributed by atoms with Crippen molar-refractivity contribution in [3.05, 3.63) is 28.5 Å². The summed E-state index contributed by atoms with van der Waals surface area (Å²) in [5.74, 6) is -0.171. The van der Waals surface area contributed by atoms with Crippen molar-refractivity contribution in [3.63, 3.8) is 0 Å². The summed E-state index contributed by atoms with van der Waals surface area (Å²) >= 11 is 3.28. The fraction of sp³-hybridized carbons (Fsp3) is 0.571. The molecular formula is C14H19BrN2O3S. The highest BCUT2D eigenvalue weighted by molar-refractivity contribution is 9.10. The number of hydrogen-bond donors (Lipinski definition) is 0. The maximum Gasteiger partial charge on any atom is 0.255 e. The molecule has 5 nitrogen and oxygen atoms in total. The fourth-order valence-electron chi connectivity index (χ4n) is 2.38. The quantitative estimate of drug-likeness (QED) is 0.796. The molecule has 1 aliphatic rings. The number of halogens is 1. The van der Waals surface area contributed by atoms with Crippen LogP contribution in [0.4, 0.5) is 0 Å². The molecule has 2 rings (SSSR count). The maximum absolute atomic E-state index is 12.5. The van der Waals surface area contributed by atoms with E-state index in [0.717, 1.165) is 4.47 Å². The molecule has 7 heteroatoms. The van der Waals surface area contributed by atoms with E-state index in [2.05, 4.69) is 20.9 Å². The Morgan fingerprint density at radius 3 is 2.62 bits per heavy atom. The highest BCUT2D eigenvalue weighted by Gasteiger charge is 2.41. The van der Waals surface area contributed by atoms with Crippen molar-refractivity contribution in [3.8, 4) is 0 Å². The normalized spacial score (nSPS) is 19.8. The Morgan fingerprint density at radius 1 is 1.38 bits per heavy atom. The van der Waals surface area contributed by atoms with E-state index in [9.17, 15) is 13.2 Å². The first-order chi connectivity index (χ1) is 9.63. The summed E-state index contributed by atoms with van der Waals surface area (Å²) < 4.78 is 24.8. The molecule has 0 aromatic carbocycles. The summed E-state index contributed by atoms with van der Waals surface area (Å²) in [6.07, 6.45) is 3.60. The van der Waals surface area contributed by atoms with Gasteiger partial charge in [-0.25, -0.2) is 8.42 Å². The summed E-state index contributed by atoms with van der Waals surface area (Å²) in [5, 5.41) is -0.485. The predicted octanol–water partition coefficient (Wildman–Crippen LogP) is 2.27. The molecule has 1 saturated heterocycles. The number of likely N-dealkylation sites (tertiary alicyclic amines) is 1. The van der Waals surface area contributed by atoms with Crippen LogP contribution in [0, 0.1) is 0 Å². The van der Waals surface area contributed by atoms with Crippen LogP contribution in [0.5, 0.6) is 0 Å². The third-order valence-electron chi connectivity index (χ3n) is 3.68. The van der Waals surface area contributed by atoms with Crippen LogP contribution < -0.4 is 0 Å². The molecule has 0 unspecified atom stereocenters. The summed E-state index contributed by atoms with van der Waals surface area (Å²) in [6, 6.07) is 1.70. The van der Waals surface area contributed by atoms with Crippen LogP contribution in [-0.2, 0) is 9.84 Å². The molecule has 0 radical (unpaired) electrons. The molecule has 116 valence electrons. The van der Waals surface area contributed by atoms with Gasteiger partial charge < -0.3 is 4.90 Å². The van der Waals surface area contributed by atoms with E-state index in [1.54, 1.807) is 37.9 Å². The predicted molar refractivity (Wildman–Crippen MR) is 84.9 cm³/mol. The highest BCUT2D eigenvalue weighted by atomic mass is 79.9. The average Bonchev–Trinajstić information content (AvgIpc) is 2.86. The van der Waals surface area contributed by atoms with Gasteiger partial charge in [0.2, 0.25) is 0 Å². The second kappa shape index (κ2) is 5.68. The molecule has 1 fully saturated rings. The number of sulfone groups is 1. The van der Waals surface area contributed by atoms with E-state index in [1.165, 1.54) is 6.20 Å². The lowest BCUT2D eigenvalue weighted by molar-refractivity contribution is 0.0792. The molecule has 1 amide bonds. The van der Waals surface area contributed by atoms with E-state index < -0.39 is 19.8 Å². The number of aromatic nitrogens is 1. The Labute approximate surface area is 133 Å². The van der Waals surface area contributed by atoms with Crippen LogP contribution >= 0.6 is 15.9 Å². The van der Waals surface area contributed by atoms with Crippen molar-refractivity contribution in [2.75, 3.05) is 13.1 Å². The van der Waals surface area contributed by atoms with E-state index in [1.807, 2.05) is 0 Å². The van der Waals surface area contributed by atoms with Crippen molar-refractivity contribution in [2.45, 2.75) is 37.2 Å². The highest BCUT2D eigenvalue weighted by Crippen LogP contribution is 2.28. The van der Waals surface area contributed by atoms with Crippen LogP contribution in [-0.4, -0.2) is 47.3 Å². The number of nitrogens with zero attached hydrogens (tertiary/aromatic N) is 2. The van der Waals surface area contributed by atoms with Crippen LogP contribution in [0.3, 0.4) is 0 Å². The van der Waals surface area contributed by atoms with Gasteiger partial charge in [-0.3, -0.25) is 9.78 Å². The van der Waals surface area contributed by atoms with Crippen LogP contribution in [0.2, 0.25) is 0 Å². The number of carbonyl (C=O) groups is 1. The lowest BCUT2D eigenvalue weighted by Crippen LogP contribution is -2.39. The lowest BCUT2D eigenvalue weighted by atomic mass is 10.2. The maximum atomic E-state index is 12.5. The summed E-state index contributed by atoms with van der Waals surface area (Å²) in [4.78, 5) is 18.0. The Morgan fingerprint density at radius 2 is 2.05 bits per heavy atom. The van der Waals surface area contributed by atoms with Crippen molar-refractivity contribution in [1.82, 2.24) is 9.88 Å². The van der Waals surface area contributed by atoms with Crippen molar-refractivity contribution >= 4 is 31.7 Å². The summed E-state index contributed by atoms with van der Waals surface area (Å²) in [7, 11) is -3.25. The second-order valence-corrected chi connectivity index (χ2v) is 10.1. The Hall–Kier alpha value is -0.950. The van der Waals surface area contributed by atoms with E-state index >= 15 is 0 Å². The standard InChI is InChI=1S/C14H19BrN2O3S/c1-14(2,3)21(19,20)12-4-5-17(9-12)13(18)10-6-11(15)8-16-7-10/h6-8,12H,4-5,9H2,1-3H3/t12-/m0/s1. The van der Waals surface area contributed by atoms with Gasteiger partial charge in [-0.2, -0.15) is 0 Å². The summed E-state index contributed by atoms with van der Waals surface area (Å²) in [6.45, 7) is 5.82. The molecule has 1 atom stereocenters. The zero-order valence-electron chi connectivity index (χ0n) is 12.3. The molecule has 0 aliphatic carbocycles. The van der Waals surface area contributed by atoms with Gasteiger partial charge in [0.05, 0.1) is 15.6 Å². The van der Waals surface area contributed by atoms with Gasteiger partial charge in [-0.05, 0) is 49.2 Å². The van der Waals surface area contributed by atoms with Gasteiger partial charge in [-0.1, -0.05) is 0 Å². The molecule has 1 aromatic heterocycles. The molecule has 0 bridgehead atoms. The van der Waals surface area contributed by atoms with Gasteiger partial charge in [0.15, 0.2) is 9.84 Å². The average molecular weight is 375 g/mol. The van der Waals surface area contributed by atoms with Crippen LogP contribution in [0.1, 0.15) is 37.6 Å². The molecular weight excluding hydrogens is 356 g/mol. The van der Waals surface area contributed by atoms with E-state index in [0.29, 0.717) is 18.5 Å². The van der Waals surface area contributed by atoms with Crippen molar-refractivity contribution in [2.24, 2.45) is 0 Å². The lowest BCUT2D eigenvalue weighted by Gasteiger charge is -2.24. The van der Waals surface area contributed by atoms with Crippen molar-refractivity contribution in [1.29, 1.82) is 0 Å². The molecule has 2 heterocycles. The Bertz CT molecular complexity index is 652. The fourth-order valence-corrected chi connectivity index (χ4v) is 4.53. The minimum atomic E-state index is -3.25. The first-order valence-electron chi connectivity index (χ1n) is 6.76. The number of rotatable bonds is 2. The van der Waals surface area contributed by atoms with Crippen molar-refractivity contribution < 1.29 is 13.2 Å². The number of amides is 1. The Balaban J connectivity index is 2.15. The second-order valence-electron chi connectivity index (χ2n) is 6.21. The molecule has 0 saturated carbocycles. The van der Waals surface area contributed by atoms with Gasteiger partial charge in [-0.15, -0.1) is 0 Å². The molecule has 1 aliphatic heterocycles. The van der Waals surface area contributed by atoms with Gasteiger partial charge >= 0.3 is 0 Å². The third-order valence-corrected chi connectivity index (χ3v) is 7.08. The first kappa shape index (κ1) is 16.4. The van der Waals surface area contributed by atoms with Crippen LogP contribution in [0.15, 0.2) is 22.9 Å². The zero-order chi connectivity index (χ0) is 15.8. The van der Waals surface area contributed by atoms with Gasteiger partial charge in [0, 0.05) is 30.0 Å². The molecule has 0 N–H and O–H groups in total. The molecule has 1 aromatic rings. The summed E-state index contributed by atoms with van der Waals surface area (Å²) in [5.41, 5.74) is 0.471. The topological polar surface area (TPSA) is 67.3 Å². The van der Waals surface area contributed by atoms with E-state index in [4.69, 9.17) is 0 Å². The number of carbonyl (C=O) groups excluding carboxylic acids is 1. The first-order valence-corrected chi connectivity index (χ1v) is 9.10. The van der Waals surface area contributed by atoms with Gasteiger partial charge in [0.1, 0.15) is 0 Å². The zero-order valence-corrected chi connectivity index (χ0v) is 14.7. The van der Waals surface area contributed by atoms with Crippen LogP contribution in [0.25, 0.3) is 0 Å². The third kappa shape index (κ3) is 3.29. The Kier molecular flexibility index (Phi) is 4.44. The largest absolute Gasteiger partial charge is 0.337 e. The van der Waals surface area contributed by atoms with Gasteiger partial charge in [0.25, 0.3) is 5.91 Å². The smallest absolute Gasteiger partial charge is 0.255 e. The molecule has 21 heavy (non-hydrogen) atoms. The molecule has 0 spiro atoms.